The Balaban J connectivity index is 2.44. The number of carbonyl (C=O) groups is 2. The van der Waals surface area contributed by atoms with Gasteiger partial charge in [0.1, 0.15) is 6.04 Å². The summed E-state index contributed by atoms with van der Waals surface area (Å²) < 4.78 is 0. The van der Waals surface area contributed by atoms with Crippen molar-refractivity contribution in [3.8, 4) is 0 Å². The molecule has 116 valence electrons. The summed E-state index contributed by atoms with van der Waals surface area (Å²) >= 11 is 0. The molecule has 0 aromatic carbocycles. The minimum atomic E-state index is -0.960. The number of likely N-dealkylation sites (tertiary alicyclic amines) is 1. The highest BCUT2D eigenvalue weighted by molar-refractivity contribution is 5.82. The summed E-state index contributed by atoms with van der Waals surface area (Å²) in [6, 6.07) is -0.704. The molecule has 0 radical (unpaired) electrons. The van der Waals surface area contributed by atoms with Gasteiger partial charge in [-0.05, 0) is 32.9 Å². The van der Waals surface area contributed by atoms with Gasteiger partial charge in [0.25, 0.3) is 0 Å². The molecule has 2 N–H and O–H groups in total. The first-order chi connectivity index (χ1) is 9.45. The number of carboxylic acids is 1. The molecule has 6 nitrogen and oxygen atoms in total. The van der Waals surface area contributed by atoms with Gasteiger partial charge in [-0.3, -0.25) is 0 Å². The zero-order valence-corrected chi connectivity index (χ0v) is 12.8. The van der Waals surface area contributed by atoms with E-state index in [-0.39, 0.29) is 6.03 Å². The number of carboxylic acid groups (broad SMARTS) is 1. The van der Waals surface area contributed by atoms with Gasteiger partial charge in [0.2, 0.25) is 0 Å². The van der Waals surface area contributed by atoms with Gasteiger partial charge in [-0.25, -0.2) is 9.59 Å². The van der Waals surface area contributed by atoms with E-state index < -0.39 is 12.0 Å². The molecule has 1 heterocycles. The molecular weight excluding hydrogens is 258 g/mol. The predicted octanol–water partition coefficient (Wildman–Crippen LogP) is 1.37. The van der Waals surface area contributed by atoms with Gasteiger partial charge in [0.15, 0.2) is 0 Å². The van der Waals surface area contributed by atoms with Gasteiger partial charge in [-0.15, -0.1) is 0 Å². The Bertz CT molecular complexity index is 336. The fourth-order valence-electron chi connectivity index (χ4n) is 2.53. The van der Waals surface area contributed by atoms with Crippen LogP contribution >= 0.6 is 0 Å². The summed E-state index contributed by atoms with van der Waals surface area (Å²) in [6.45, 7) is 3.71. The fraction of sp³-hybridized carbons (Fsp3) is 0.857. The Morgan fingerprint density at radius 3 is 2.70 bits per heavy atom. The van der Waals surface area contributed by atoms with Crippen molar-refractivity contribution in [2.75, 3.05) is 27.2 Å². The van der Waals surface area contributed by atoms with Crippen molar-refractivity contribution >= 4 is 12.0 Å². The van der Waals surface area contributed by atoms with Crippen molar-refractivity contribution in [3.63, 3.8) is 0 Å². The number of likely N-dealkylation sites (N-methyl/N-ethyl adjacent to an activating group) is 2. The number of nitrogens with zero attached hydrogens (tertiary/aromatic N) is 2. The normalized spacial score (nSPS) is 20.6. The van der Waals surface area contributed by atoms with E-state index in [4.69, 9.17) is 5.11 Å². The van der Waals surface area contributed by atoms with Crippen LogP contribution in [0.15, 0.2) is 0 Å². The topological polar surface area (TPSA) is 72.9 Å². The molecule has 2 atom stereocenters. The van der Waals surface area contributed by atoms with Crippen LogP contribution in [0.25, 0.3) is 0 Å². The molecular formula is C14H27N3O3. The van der Waals surface area contributed by atoms with Gasteiger partial charge in [-0.1, -0.05) is 19.8 Å². The van der Waals surface area contributed by atoms with Crippen LogP contribution in [-0.2, 0) is 4.79 Å². The Kier molecular flexibility index (Phi) is 6.78. The van der Waals surface area contributed by atoms with Gasteiger partial charge in [-0.2, -0.15) is 0 Å². The van der Waals surface area contributed by atoms with E-state index in [0.717, 1.165) is 32.2 Å². The van der Waals surface area contributed by atoms with Crippen LogP contribution in [0.1, 0.15) is 39.0 Å². The predicted molar refractivity (Wildman–Crippen MR) is 77.8 cm³/mol. The monoisotopic (exact) mass is 285 g/mol. The third-order valence-corrected chi connectivity index (χ3v) is 3.94. The molecule has 1 aliphatic rings. The number of hydrogen-bond donors (Lipinski definition) is 2. The second-order valence-electron chi connectivity index (χ2n) is 5.64. The maximum Gasteiger partial charge on any atom is 0.326 e. The second kappa shape index (κ2) is 8.09. The highest BCUT2D eigenvalue weighted by Crippen LogP contribution is 2.15. The highest BCUT2D eigenvalue weighted by Gasteiger charge is 2.26. The van der Waals surface area contributed by atoms with Gasteiger partial charge >= 0.3 is 12.0 Å². The van der Waals surface area contributed by atoms with Crippen molar-refractivity contribution in [1.29, 1.82) is 0 Å². The number of amides is 2. The van der Waals surface area contributed by atoms with E-state index in [1.165, 1.54) is 0 Å². The molecule has 0 spiro atoms. The Morgan fingerprint density at radius 1 is 1.50 bits per heavy atom. The smallest absolute Gasteiger partial charge is 0.326 e. The van der Waals surface area contributed by atoms with Crippen molar-refractivity contribution in [3.05, 3.63) is 0 Å². The number of carbonyl (C=O) groups excluding carboxylic acids is 1. The van der Waals surface area contributed by atoms with Crippen LogP contribution in [0.2, 0.25) is 0 Å². The van der Waals surface area contributed by atoms with E-state index in [2.05, 4.69) is 17.3 Å². The number of aliphatic carboxylic acids is 1. The SMILES string of the molecule is CCCC[C@H](NC(=O)N(C)CC1CCCN1C)C(=O)O. The lowest BCUT2D eigenvalue weighted by Gasteiger charge is -2.27. The van der Waals surface area contributed by atoms with Crippen LogP contribution in [0, 0.1) is 0 Å². The highest BCUT2D eigenvalue weighted by atomic mass is 16.4. The molecule has 1 saturated heterocycles. The van der Waals surface area contributed by atoms with E-state index in [1.807, 2.05) is 6.92 Å². The van der Waals surface area contributed by atoms with Gasteiger partial charge in [0.05, 0.1) is 0 Å². The first-order valence-electron chi connectivity index (χ1n) is 7.40. The molecule has 0 saturated carbocycles. The molecule has 0 aliphatic carbocycles. The Hall–Kier alpha value is -1.30. The Labute approximate surface area is 121 Å². The summed E-state index contributed by atoms with van der Waals surface area (Å²) in [6.07, 6.45) is 4.45. The Morgan fingerprint density at radius 2 is 2.20 bits per heavy atom. The summed E-state index contributed by atoms with van der Waals surface area (Å²) in [4.78, 5) is 27.0. The summed E-state index contributed by atoms with van der Waals surface area (Å²) in [5.41, 5.74) is 0. The minimum absolute atomic E-state index is 0.297. The van der Waals surface area contributed by atoms with Crippen molar-refractivity contribution in [2.24, 2.45) is 0 Å². The molecule has 0 aromatic heterocycles. The lowest BCUT2D eigenvalue weighted by atomic mass is 10.1. The molecule has 0 bridgehead atoms. The largest absolute Gasteiger partial charge is 0.480 e. The van der Waals surface area contributed by atoms with E-state index in [0.29, 0.717) is 19.0 Å². The average molecular weight is 285 g/mol. The van der Waals surface area contributed by atoms with Gasteiger partial charge < -0.3 is 20.2 Å². The van der Waals surface area contributed by atoms with Crippen LogP contribution in [0.3, 0.4) is 0 Å². The first-order valence-corrected chi connectivity index (χ1v) is 7.40. The standard InChI is InChI=1S/C14H27N3O3/c1-4-5-8-12(13(18)19)15-14(20)17(3)10-11-7-6-9-16(11)2/h11-12H,4-10H2,1-3H3,(H,15,20)(H,18,19)/t11?,12-/m0/s1. The number of hydrogen-bond acceptors (Lipinski definition) is 3. The van der Waals surface area contributed by atoms with E-state index >= 15 is 0 Å². The zero-order chi connectivity index (χ0) is 15.1. The van der Waals surface area contributed by atoms with Crippen molar-refractivity contribution in [2.45, 2.75) is 51.1 Å². The van der Waals surface area contributed by atoms with Crippen LogP contribution < -0.4 is 5.32 Å². The molecule has 1 aliphatic heterocycles. The maximum absolute atomic E-state index is 12.0. The molecule has 1 fully saturated rings. The zero-order valence-electron chi connectivity index (χ0n) is 12.8. The lowest BCUT2D eigenvalue weighted by molar-refractivity contribution is -0.139. The van der Waals surface area contributed by atoms with E-state index in [9.17, 15) is 9.59 Å². The fourth-order valence-corrected chi connectivity index (χ4v) is 2.53. The number of nitrogens with one attached hydrogen (secondary N) is 1. The lowest BCUT2D eigenvalue weighted by Crippen LogP contribution is -2.49. The molecule has 6 heteroatoms. The van der Waals surface area contributed by atoms with Crippen LogP contribution in [0.4, 0.5) is 4.79 Å². The minimum Gasteiger partial charge on any atom is -0.480 e. The second-order valence-corrected chi connectivity index (χ2v) is 5.64. The molecule has 20 heavy (non-hydrogen) atoms. The maximum atomic E-state index is 12.0. The van der Waals surface area contributed by atoms with Crippen LogP contribution in [-0.4, -0.2) is 66.2 Å². The summed E-state index contributed by atoms with van der Waals surface area (Å²) in [5, 5.41) is 11.7. The summed E-state index contributed by atoms with van der Waals surface area (Å²) in [5.74, 6) is -0.960. The third-order valence-electron chi connectivity index (χ3n) is 3.94. The number of rotatable bonds is 7. The quantitative estimate of drug-likeness (QED) is 0.741. The first kappa shape index (κ1) is 16.8. The van der Waals surface area contributed by atoms with Crippen molar-refractivity contribution in [1.82, 2.24) is 15.1 Å². The molecule has 0 aromatic rings. The molecule has 1 rings (SSSR count). The molecule has 2 amide bonds. The summed E-state index contributed by atoms with van der Waals surface area (Å²) in [7, 11) is 3.78. The van der Waals surface area contributed by atoms with Crippen molar-refractivity contribution < 1.29 is 14.7 Å². The average Bonchev–Trinajstić information content (AvgIpc) is 2.79. The third kappa shape index (κ3) is 5.00. The number of urea groups is 1. The molecule has 1 unspecified atom stereocenters. The number of unbranched alkanes of at least 4 members (excludes halogenated alkanes) is 1. The van der Waals surface area contributed by atoms with Gasteiger partial charge in [0, 0.05) is 19.6 Å². The van der Waals surface area contributed by atoms with Crippen LogP contribution in [0.5, 0.6) is 0 Å². The van der Waals surface area contributed by atoms with E-state index in [1.54, 1.807) is 11.9 Å².